The van der Waals surface area contributed by atoms with Crippen molar-refractivity contribution < 1.29 is 4.39 Å². The molecule has 2 rings (SSSR count). The van der Waals surface area contributed by atoms with Gasteiger partial charge in [0.05, 0.1) is 12.6 Å². The number of hydrogen-bond acceptors (Lipinski definition) is 3. The summed E-state index contributed by atoms with van der Waals surface area (Å²) in [5.41, 5.74) is 6.98. The zero-order chi connectivity index (χ0) is 13.3. The number of halogens is 2. The van der Waals surface area contributed by atoms with Crippen LogP contribution in [-0.4, -0.2) is 23.4 Å². The number of hydrogen-bond donors (Lipinski definition) is 1. The van der Waals surface area contributed by atoms with Gasteiger partial charge in [0.15, 0.2) is 5.96 Å². The van der Waals surface area contributed by atoms with Crippen molar-refractivity contribution >= 4 is 21.9 Å². The van der Waals surface area contributed by atoms with E-state index in [-0.39, 0.29) is 11.9 Å². The molecule has 98 valence electrons. The van der Waals surface area contributed by atoms with E-state index in [2.05, 4.69) is 39.7 Å². The molecule has 1 aromatic carbocycles. The van der Waals surface area contributed by atoms with E-state index in [0.29, 0.717) is 18.5 Å². The SMILES string of the molecule is CCC(C)N1C(N)=NCC1c1ccc(F)cc1Br. The van der Waals surface area contributed by atoms with Crippen LogP contribution in [0.4, 0.5) is 4.39 Å². The molecule has 1 aromatic rings. The van der Waals surface area contributed by atoms with Crippen molar-refractivity contribution in [3.8, 4) is 0 Å². The Hall–Kier alpha value is -1.10. The Balaban J connectivity index is 2.33. The molecule has 1 aliphatic rings. The molecule has 0 radical (unpaired) electrons. The summed E-state index contributed by atoms with van der Waals surface area (Å²) in [6.45, 7) is 4.87. The first-order valence-electron chi connectivity index (χ1n) is 6.07. The van der Waals surface area contributed by atoms with Crippen molar-refractivity contribution in [2.75, 3.05) is 6.54 Å². The van der Waals surface area contributed by atoms with Gasteiger partial charge in [-0.3, -0.25) is 4.99 Å². The summed E-state index contributed by atoms with van der Waals surface area (Å²) in [6, 6.07) is 5.17. The molecule has 1 heterocycles. The van der Waals surface area contributed by atoms with E-state index in [1.165, 1.54) is 12.1 Å². The van der Waals surface area contributed by atoms with E-state index in [1.807, 2.05) is 0 Å². The predicted octanol–water partition coefficient (Wildman–Crippen LogP) is 3.06. The summed E-state index contributed by atoms with van der Waals surface area (Å²) in [6.07, 6.45) is 0.992. The van der Waals surface area contributed by atoms with Gasteiger partial charge in [-0.25, -0.2) is 4.39 Å². The van der Waals surface area contributed by atoms with Crippen molar-refractivity contribution in [2.45, 2.75) is 32.4 Å². The summed E-state index contributed by atoms with van der Waals surface area (Å²) in [5.74, 6) is 0.332. The molecule has 18 heavy (non-hydrogen) atoms. The lowest BCUT2D eigenvalue weighted by Crippen LogP contribution is -2.42. The number of nitrogens with zero attached hydrogens (tertiary/aromatic N) is 2. The lowest BCUT2D eigenvalue weighted by atomic mass is 10.0. The Labute approximate surface area is 115 Å². The first-order valence-corrected chi connectivity index (χ1v) is 6.87. The number of aliphatic imine (C=N–C) groups is 1. The topological polar surface area (TPSA) is 41.6 Å². The summed E-state index contributed by atoms with van der Waals surface area (Å²) < 4.78 is 13.9. The summed E-state index contributed by atoms with van der Waals surface area (Å²) in [5, 5.41) is 0. The highest BCUT2D eigenvalue weighted by atomic mass is 79.9. The molecule has 0 bridgehead atoms. The Bertz CT molecular complexity index is 475. The van der Waals surface area contributed by atoms with Crippen molar-refractivity contribution in [3.63, 3.8) is 0 Å². The lowest BCUT2D eigenvalue weighted by molar-refractivity contribution is 0.267. The highest BCUT2D eigenvalue weighted by molar-refractivity contribution is 9.10. The Morgan fingerprint density at radius 1 is 1.61 bits per heavy atom. The smallest absolute Gasteiger partial charge is 0.192 e. The van der Waals surface area contributed by atoms with Crippen LogP contribution in [0, 0.1) is 5.82 Å². The van der Waals surface area contributed by atoms with Crippen LogP contribution < -0.4 is 5.73 Å². The van der Waals surface area contributed by atoms with Gasteiger partial charge in [0.1, 0.15) is 5.82 Å². The maximum atomic E-state index is 13.1. The zero-order valence-electron chi connectivity index (χ0n) is 10.5. The minimum Gasteiger partial charge on any atom is -0.370 e. The normalized spacial score (nSPS) is 21.0. The molecule has 0 fully saturated rings. The number of guanidine groups is 1. The summed E-state index contributed by atoms with van der Waals surface area (Å²) >= 11 is 3.42. The fraction of sp³-hybridized carbons (Fsp3) is 0.462. The van der Waals surface area contributed by atoms with Crippen LogP contribution in [0.25, 0.3) is 0 Å². The Morgan fingerprint density at radius 2 is 2.33 bits per heavy atom. The first-order chi connectivity index (χ1) is 8.54. The van der Waals surface area contributed by atoms with E-state index < -0.39 is 0 Å². The minimum absolute atomic E-state index is 0.0925. The second-order valence-electron chi connectivity index (χ2n) is 4.55. The highest BCUT2D eigenvalue weighted by Gasteiger charge is 2.31. The van der Waals surface area contributed by atoms with Crippen molar-refractivity contribution in [2.24, 2.45) is 10.7 Å². The number of benzene rings is 1. The largest absolute Gasteiger partial charge is 0.370 e. The van der Waals surface area contributed by atoms with Crippen LogP contribution in [-0.2, 0) is 0 Å². The van der Waals surface area contributed by atoms with E-state index in [1.54, 1.807) is 6.07 Å². The summed E-state index contributed by atoms with van der Waals surface area (Å²) in [7, 11) is 0. The Morgan fingerprint density at radius 3 is 2.94 bits per heavy atom. The van der Waals surface area contributed by atoms with Crippen molar-refractivity contribution in [3.05, 3.63) is 34.1 Å². The quantitative estimate of drug-likeness (QED) is 0.931. The third-order valence-corrected chi connectivity index (χ3v) is 4.10. The van der Waals surface area contributed by atoms with Gasteiger partial charge in [0, 0.05) is 10.5 Å². The average Bonchev–Trinajstić information content (AvgIpc) is 2.70. The van der Waals surface area contributed by atoms with Crippen molar-refractivity contribution in [1.29, 1.82) is 0 Å². The number of rotatable bonds is 3. The molecule has 2 N–H and O–H groups in total. The van der Waals surface area contributed by atoms with Gasteiger partial charge in [0.2, 0.25) is 0 Å². The Kier molecular flexibility index (Phi) is 3.90. The van der Waals surface area contributed by atoms with Gasteiger partial charge in [0.25, 0.3) is 0 Å². The van der Waals surface area contributed by atoms with E-state index in [4.69, 9.17) is 5.73 Å². The van der Waals surface area contributed by atoms with Crippen LogP contribution >= 0.6 is 15.9 Å². The van der Waals surface area contributed by atoms with Crippen molar-refractivity contribution in [1.82, 2.24) is 4.90 Å². The molecule has 0 amide bonds. The molecule has 0 aliphatic carbocycles. The molecule has 0 aromatic heterocycles. The monoisotopic (exact) mass is 313 g/mol. The van der Waals surface area contributed by atoms with E-state index in [0.717, 1.165) is 16.5 Å². The van der Waals surface area contributed by atoms with Crippen LogP contribution in [0.15, 0.2) is 27.7 Å². The molecule has 0 saturated heterocycles. The molecular formula is C13H17BrFN3. The van der Waals surface area contributed by atoms with Gasteiger partial charge in [-0.2, -0.15) is 0 Å². The molecule has 2 atom stereocenters. The minimum atomic E-state index is -0.243. The molecular weight excluding hydrogens is 297 g/mol. The molecule has 0 saturated carbocycles. The van der Waals surface area contributed by atoms with Gasteiger partial charge in [-0.1, -0.05) is 28.9 Å². The zero-order valence-corrected chi connectivity index (χ0v) is 12.1. The standard InChI is InChI=1S/C13H17BrFN3/c1-3-8(2)18-12(7-17-13(18)16)10-5-4-9(15)6-11(10)14/h4-6,8,12H,3,7H2,1-2H3,(H2,16,17). The van der Waals surface area contributed by atoms with E-state index in [9.17, 15) is 4.39 Å². The van der Waals surface area contributed by atoms with E-state index >= 15 is 0 Å². The maximum absolute atomic E-state index is 13.1. The highest BCUT2D eigenvalue weighted by Crippen LogP contribution is 2.33. The first kappa shape index (κ1) is 13.3. The molecule has 3 nitrogen and oxygen atoms in total. The van der Waals surface area contributed by atoms with Crippen LogP contribution in [0.2, 0.25) is 0 Å². The number of nitrogens with two attached hydrogens (primary N) is 1. The molecule has 2 unspecified atom stereocenters. The third kappa shape index (κ3) is 2.36. The average molecular weight is 314 g/mol. The molecule has 5 heteroatoms. The fourth-order valence-electron chi connectivity index (χ4n) is 2.26. The van der Waals surface area contributed by atoms with Gasteiger partial charge in [-0.15, -0.1) is 0 Å². The van der Waals surface area contributed by atoms with Crippen LogP contribution in [0.1, 0.15) is 31.9 Å². The maximum Gasteiger partial charge on any atom is 0.192 e. The summed E-state index contributed by atoms with van der Waals surface area (Å²) in [4.78, 5) is 6.42. The second kappa shape index (κ2) is 5.26. The lowest BCUT2D eigenvalue weighted by Gasteiger charge is -2.32. The third-order valence-electron chi connectivity index (χ3n) is 3.41. The van der Waals surface area contributed by atoms with Gasteiger partial charge in [-0.05, 0) is 31.0 Å². The molecule has 1 aliphatic heterocycles. The van der Waals surface area contributed by atoms with Crippen LogP contribution in [0.3, 0.4) is 0 Å². The fourth-order valence-corrected chi connectivity index (χ4v) is 2.87. The van der Waals surface area contributed by atoms with Gasteiger partial charge >= 0.3 is 0 Å². The second-order valence-corrected chi connectivity index (χ2v) is 5.40. The van der Waals surface area contributed by atoms with Gasteiger partial charge < -0.3 is 10.6 Å². The predicted molar refractivity (Wildman–Crippen MR) is 74.9 cm³/mol. The molecule has 0 spiro atoms. The van der Waals surface area contributed by atoms with Crippen LogP contribution in [0.5, 0.6) is 0 Å².